The number of likely N-dealkylation sites (N-methyl/N-ethyl adjacent to an activating group) is 1. The van der Waals surface area contributed by atoms with Gasteiger partial charge in [-0.2, -0.15) is 4.98 Å². The van der Waals surface area contributed by atoms with Crippen LogP contribution < -0.4 is 10.6 Å². The highest BCUT2D eigenvalue weighted by Gasteiger charge is 2.32. The Morgan fingerprint density at radius 3 is 2.89 bits per heavy atom. The fraction of sp³-hybridized carbons (Fsp3) is 0.636. The van der Waals surface area contributed by atoms with Gasteiger partial charge < -0.3 is 20.6 Å². The van der Waals surface area contributed by atoms with Crippen LogP contribution in [-0.2, 0) is 0 Å². The molecule has 0 radical (unpaired) electrons. The number of nitrogens with zero attached hydrogens (tertiary/aromatic N) is 4. The van der Waals surface area contributed by atoms with E-state index in [0.29, 0.717) is 17.5 Å². The highest BCUT2D eigenvalue weighted by molar-refractivity contribution is 6.29. The van der Waals surface area contributed by atoms with Gasteiger partial charge in [0.05, 0.1) is 6.10 Å². The third-order valence-electron chi connectivity index (χ3n) is 2.96. The van der Waals surface area contributed by atoms with Gasteiger partial charge in [-0.15, -0.1) is 0 Å². The summed E-state index contributed by atoms with van der Waals surface area (Å²) >= 11 is 5.89. The largest absolute Gasteiger partial charge is 0.391 e. The third-order valence-corrected chi connectivity index (χ3v) is 3.15. The summed E-state index contributed by atoms with van der Waals surface area (Å²) in [5.74, 6) is 0.832. The number of rotatable bonds is 3. The first-order valence-electron chi connectivity index (χ1n) is 5.85. The molecule has 18 heavy (non-hydrogen) atoms. The van der Waals surface area contributed by atoms with Gasteiger partial charge >= 0.3 is 0 Å². The average Bonchev–Trinajstić information content (AvgIpc) is 2.56. The fourth-order valence-electron chi connectivity index (χ4n) is 2.34. The number of hydrogen-bond donors (Lipinski definition) is 2. The fourth-order valence-corrected chi connectivity index (χ4v) is 2.52. The van der Waals surface area contributed by atoms with E-state index in [0.717, 1.165) is 13.0 Å². The lowest BCUT2D eigenvalue weighted by Crippen LogP contribution is -2.38. The molecule has 0 bridgehead atoms. The van der Waals surface area contributed by atoms with Gasteiger partial charge in [0.15, 0.2) is 0 Å². The molecule has 1 fully saturated rings. The Bertz CT molecular complexity index is 408. The van der Waals surface area contributed by atoms with E-state index in [1.165, 1.54) is 0 Å². The van der Waals surface area contributed by atoms with Gasteiger partial charge in [0.25, 0.3) is 0 Å². The normalized spacial score (nSPS) is 23.9. The Balaban J connectivity index is 2.23. The molecule has 0 saturated carbocycles. The Morgan fingerprint density at radius 2 is 2.28 bits per heavy atom. The number of hydrogen-bond acceptors (Lipinski definition) is 6. The molecule has 1 aromatic rings. The van der Waals surface area contributed by atoms with Crippen molar-refractivity contribution in [3.63, 3.8) is 0 Å². The summed E-state index contributed by atoms with van der Waals surface area (Å²) < 4.78 is 0. The molecular formula is C11H18ClN5O. The van der Waals surface area contributed by atoms with E-state index in [-0.39, 0.29) is 18.1 Å². The molecule has 7 heteroatoms. The van der Waals surface area contributed by atoms with Crippen LogP contribution >= 0.6 is 11.6 Å². The molecule has 0 aliphatic carbocycles. The van der Waals surface area contributed by atoms with E-state index < -0.39 is 0 Å². The second-order valence-electron chi connectivity index (χ2n) is 4.87. The minimum atomic E-state index is -0.343. The Kier molecular flexibility index (Phi) is 3.89. The number of halogens is 1. The standard InChI is InChI=1S/C11H18ClN5O/c1-16(2)5-7-3-8(18)6-17(7)10-4-9(12)14-11(13)15-10/h4,7-8,18H,3,5-6H2,1-2H3,(H2,13,14,15). The minimum absolute atomic E-state index is 0.155. The quantitative estimate of drug-likeness (QED) is 0.766. The van der Waals surface area contributed by atoms with Crippen LogP contribution in [0.4, 0.5) is 11.8 Å². The molecule has 0 aromatic carbocycles. The van der Waals surface area contributed by atoms with Crippen LogP contribution in [0.25, 0.3) is 0 Å². The van der Waals surface area contributed by atoms with Crippen LogP contribution in [0.3, 0.4) is 0 Å². The van der Waals surface area contributed by atoms with E-state index in [4.69, 9.17) is 17.3 Å². The zero-order chi connectivity index (χ0) is 13.3. The predicted molar refractivity (Wildman–Crippen MR) is 71.8 cm³/mol. The summed E-state index contributed by atoms with van der Waals surface area (Å²) in [5, 5.41) is 10.1. The maximum Gasteiger partial charge on any atom is 0.223 e. The number of aliphatic hydroxyl groups excluding tert-OH is 1. The highest BCUT2D eigenvalue weighted by atomic mass is 35.5. The topological polar surface area (TPSA) is 78.5 Å². The number of anilines is 2. The Labute approximate surface area is 111 Å². The number of β-amino-alcohol motifs (C(OH)–C–C–N with tert-alkyl or cyclic N) is 1. The average molecular weight is 272 g/mol. The second kappa shape index (κ2) is 5.26. The molecule has 3 N–H and O–H groups in total. The molecule has 1 aliphatic heterocycles. The molecule has 100 valence electrons. The van der Waals surface area contributed by atoms with Gasteiger partial charge in [-0.25, -0.2) is 4.98 Å². The number of aliphatic hydroxyl groups is 1. The summed E-state index contributed by atoms with van der Waals surface area (Å²) in [6, 6.07) is 1.89. The van der Waals surface area contributed by atoms with Crippen molar-refractivity contribution in [2.45, 2.75) is 18.6 Å². The molecular weight excluding hydrogens is 254 g/mol. The van der Waals surface area contributed by atoms with Crippen molar-refractivity contribution in [1.82, 2.24) is 14.9 Å². The van der Waals surface area contributed by atoms with Crippen molar-refractivity contribution in [2.24, 2.45) is 0 Å². The van der Waals surface area contributed by atoms with Crippen molar-refractivity contribution in [3.8, 4) is 0 Å². The number of aromatic nitrogens is 2. The molecule has 0 amide bonds. The lowest BCUT2D eigenvalue weighted by molar-refractivity contribution is 0.191. The SMILES string of the molecule is CN(C)CC1CC(O)CN1c1cc(Cl)nc(N)n1. The lowest BCUT2D eigenvalue weighted by Gasteiger charge is -2.27. The maximum atomic E-state index is 9.81. The molecule has 1 aromatic heterocycles. The maximum absolute atomic E-state index is 9.81. The van der Waals surface area contributed by atoms with E-state index in [2.05, 4.69) is 14.9 Å². The van der Waals surface area contributed by atoms with Crippen LogP contribution in [0.5, 0.6) is 0 Å². The molecule has 1 aliphatic rings. The van der Waals surface area contributed by atoms with Gasteiger partial charge in [-0.3, -0.25) is 0 Å². The Hall–Kier alpha value is -1.11. The van der Waals surface area contributed by atoms with Gasteiger partial charge in [0.1, 0.15) is 11.0 Å². The molecule has 2 atom stereocenters. The molecule has 2 rings (SSSR count). The van der Waals surface area contributed by atoms with E-state index in [9.17, 15) is 5.11 Å². The van der Waals surface area contributed by atoms with E-state index in [1.54, 1.807) is 6.07 Å². The monoisotopic (exact) mass is 271 g/mol. The summed E-state index contributed by atoms with van der Waals surface area (Å²) in [6.07, 6.45) is 0.379. The van der Waals surface area contributed by atoms with Crippen LogP contribution in [0.15, 0.2) is 6.07 Å². The van der Waals surface area contributed by atoms with Crippen molar-refractivity contribution in [3.05, 3.63) is 11.2 Å². The van der Waals surface area contributed by atoms with Crippen LogP contribution in [-0.4, -0.2) is 59.3 Å². The predicted octanol–water partition coefficient (Wildman–Crippen LogP) is 0.213. The Morgan fingerprint density at radius 1 is 1.56 bits per heavy atom. The first kappa shape index (κ1) is 13.3. The van der Waals surface area contributed by atoms with Gasteiger partial charge in [0.2, 0.25) is 5.95 Å². The summed E-state index contributed by atoms with van der Waals surface area (Å²) in [6.45, 7) is 1.39. The zero-order valence-electron chi connectivity index (χ0n) is 10.5. The first-order chi connectivity index (χ1) is 8.45. The number of nitrogens with two attached hydrogens (primary N) is 1. The highest BCUT2D eigenvalue weighted by Crippen LogP contribution is 2.26. The van der Waals surface area contributed by atoms with Gasteiger partial charge in [-0.1, -0.05) is 11.6 Å². The lowest BCUT2D eigenvalue weighted by atomic mass is 10.2. The smallest absolute Gasteiger partial charge is 0.223 e. The van der Waals surface area contributed by atoms with Crippen molar-refractivity contribution >= 4 is 23.4 Å². The number of nitrogen functional groups attached to an aromatic ring is 1. The van der Waals surface area contributed by atoms with E-state index in [1.807, 2.05) is 19.0 Å². The van der Waals surface area contributed by atoms with Crippen molar-refractivity contribution in [2.75, 3.05) is 37.8 Å². The van der Waals surface area contributed by atoms with Crippen LogP contribution in [0.2, 0.25) is 5.15 Å². The summed E-state index contributed by atoms with van der Waals surface area (Å²) in [5.41, 5.74) is 5.60. The molecule has 0 spiro atoms. The molecule has 2 heterocycles. The summed E-state index contributed by atoms with van der Waals surface area (Å²) in [7, 11) is 4.01. The van der Waals surface area contributed by atoms with Crippen LogP contribution in [0, 0.1) is 0 Å². The van der Waals surface area contributed by atoms with Gasteiger partial charge in [0, 0.05) is 25.2 Å². The van der Waals surface area contributed by atoms with Crippen LogP contribution in [0.1, 0.15) is 6.42 Å². The molecule has 1 saturated heterocycles. The van der Waals surface area contributed by atoms with Crippen molar-refractivity contribution in [1.29, 1.82) is 0 Å². The van der Waals surface area contributed by atoms with Crippen molar-refractivity contribution < 1.29 is 5.11 Å². The summed E-state index contributed by atoms with van der Waals surface area (Å²) in [4.78, 5) is 12.2. The minimum Gasteiger partial charge on any atom is -0.391 e. The zero-order valence-corrected chi connectivity index (χ0v) is 11.3. The molecule has 6 nitrogen and oxygen atoms in total. The first-order valence-corrected chi connectivity index (χ1v) is 6.23. The second-order valence-corrected chi connectivity index (χ2v) is 5.25. The third kappa shape index (κ3) is 3.01. The van der Waals surface area contributed by atoms with Gasteiger partial charge in [-0.05, 0) is 20.5 Å². The molecule has 2 unspecified atom stereocenters. The van der Waals surface area contributed by atoms with E-state index >= 15 is 0 Å².